The molecule has 1 aromatic heterocycles. The highest BCUT2D eigenvalue weighted by Crippen LogP contribution is 2.18. The molecule has 0 aliphatic heterocycles. The van der Waals surface area contributed by atoms with Crippen LogP contribution in [0, 0.1) is 11.3 Å². The van der Waals surface area contributed by atoms with Crippen molar-refractivity contribution in [1.29, 1.82) is 5.26 Å². The minimum atomic E-state index is 0.432. The predicted octanol–water partition coefficient (Wildman–Crippen LogP) is 3.54. The van der Waals surface area contributed by atoms with Crippen LogP contribution in [0.2, 0.25) is 5.15 Å². The van der Waals surface area contributed by atoms with E-state index in [1.807, 2.05) is 30.3 Å². The Labute approximate surface area is 105 Å². The number of aromatic nitrogens is 1. The largest absolute Gasteiger partial charge is 0.355 e. The first kappa shape index (κ1) is 11.4. The van der Waals surface area contributed by atoms with Gasteiger partial charge in [0.15, 0.2) is 0 Å². The van der Waals surface area contributed by atoms with Gasteiger partial charge >= 0.3 is 0 Å². The fraction of sp³-hybridized carbons (Fsp3) is 0.0769. The van der Waals surface area contributed by atoms with Crippen molar-refractivity contribution in [1.82, 2.24) is 4.98 Å². The van der Waals surface area contributed by atoms with Crippen molar-refractivity contribution in [3.8, 4) is 6.07 Å². The number of hydrogen-bond donors (Lipinski definition) is 1. The Morgan fingerprint density at radius 3 is 2.59 bits per heavy atom. The molecular formula is C13H10ClN3. The quantitative estimate of drug-likeness (QED) is 0.839. The fourth-order valence-electron chi connectivity index (χ4n) is 1.44. The van der Waals surface area contributed by atoms with E-state index in [2.05, 4.69) is 16.4 Å². The lowest BCUT2D eigenvalue weighted by atomic mass is 10.1. The maximum Gasteiger partial charge on any atom is 0.131 e. The van der Waals surface area contributed by atoms with E-state index in [0.29, 0.717) is 11.6 Å². The first-order valence-corrected chi connectivity index (χ1v) is 5.50. The van der Waals surface area contributed by atoms with Crippen LogP contribution in [-0.4, -0.2) is 4.98 Å². The molecular weight excluding hydrogens is 234 g/mol. The standard InChI is InChI=1S/C13H10ClN3/c14-13-9-12(6-8-16-13)17-11-3-1-10(2-4-11)5-7-15/h1-4,6,8-9H,5H2,(H,16,17). The third-order valence-electron chi connectivity index (χ3n) is 2.25. The number of halogens is 1. The molecule has 0 saturated heterocycles. The average Bonchev–Trinajstić information content (AvgIpc) is 2.32. The Balaban J connectivity index is 2.11. The molecule has 1 heterocycles. The van der Waals surface area contributed by atoms with Gasteiger partial charge in [-0.1, -0.05) is 23.7 Å². The predicted molar refractivity (Wildman–Crippen MR) is 68.3 cm³/mol. The third-order valence-corrected chi connectivity index (χ3v) is 2.46. The van der Waals surface area contributed by atoms with E-state index in [1.165, 1.54) is 0 Å². The van der Waals surface area contributed by atoms with Gasteiger partial charge in [0.05, 0.1) is 12.5 Å². The van der Waals surface area contributed by atoms with Crippen LogP contribution in [-0.2, 0) is 6.42 Å². The van der Waals surface area contributed by atoms with Crippen LogP contribution in [0.15, 0.2) is 42.6 Å². The Kier molecular flexibility index (Phi) is 3.59. The average molecular weight is 244 g/mol. The normalized spacial score (nSPS) is 9.65. The van der Waals surface area contributed by atoms with Crippen molar-refractivity contribution in [3.05, 3.63) is 53.3 Å². The third kappa shape index (κ3) is 3.20. The summed E-state index contributed by atoms with van der Waals surface area (Å²) >= 11 is 5.79. The number of hydrogen-bond acceptors (Lipinski definition) is 3. The molecule has 0 fully saturated rings. The topological polar surface area (TPSA) is 48.7 Å². The number of pyridine rings is 1. The van der Waals surface area contributed by atoms with Gasteiger partial charge in [-0.25, -0.2) is 4.98 Å². The lowest BCUT2D eigenvalue weighted by Gasteiger charge is -2.06. The zero-order valence-corrected chi connectivity index (χ0v) is 9.78. The van der Waals surface area contributed by atoms with Gasteiger partial charge in [-0.3, -0.25) is 0 Å². The van der Waals surface area contributed by atoms with Crippen LogP contribution in [0.4, 0.5) is 11.4 Å². The lowest BCUT2D eigenvalue weighted by molar-refractivity contribution is 1.26. The summed E-state index contributed by atoms with van der Waals surface area (Å²) < 4.78 is 0. The van der Waals surface area contributed by atoms with Crippen molar-refractivity contribution in [2.75, 3.05) is 5.32 Å². The number of nitriles is 1. The Hall–Kier alpha value is -2.05. The Bertz CT molecular complexity index is 543. The van der Waals surface area contributed by atoms with Crippen LogP contribution < -0.4 is 5.32 Å². The minimum Gasteiger partial charge on any atom is -0.355 e. The van der Waals surface area contributed by atoms with Crippen molar-refractivity contribution in [3.63, 3.8) is 0 Å². The van der Waals surface area contributed by atoms with Gasteiger partial charge in [0.1, 0.15) is 5.15 Å². The first-order chi connectivity index (χ1) is 8.28. The van der Waals surface area contributed by atoms with Gasteiger partial charge in [0, 0.05) is 17.6 Å². The van der Waals surface area contributed by atoms with Gasteiger partial charge in [-0.05, 0) is 29.8 Å². The fourth-order valence-corrected chi connectivity index (χ4v) is 1.62. The van der Waals surface area contributed by atoms with Gasteiger partial charge in [0.25, 0.3) is 0 Å². The van der Waals surface area contributed by atoms with Crippen LogP contribution >= 0.6 is 11.6 Å². The van der Waals surface area contributed by atoms with E-state index < -0.39 is 0 Å². The first-order valence-electron chi connectivity index (χ1n) is 5.12. The molecule has 0 radical (unpaired) electrons. The molecule has 1 aromatic carbocycles. The van der Waals surface area contributed by atoms with Crippen LogP contribution in [0.1, 0.15) is 5.56 Å². The van der Waals surface area contributed by atoms with Crippen molar-refractivity contribution in [2.24, 2.45) is 0 Å². The second-order valence-electron chi connectivity index (χ2n) is 3.52. The molecule has 0 spiro atoms. The summed E-state index contributed by atoms with van der Waals surface area (Å²) in [6.07, 6.45) is 2.08. The second kappa shape index (κ2) is 5.33. The molecule has 0 aliphatic carbocycles. The highest BCUT2D eigenvalue weighted by atomic mass is 35.5. The molecule has 3 nitrogen and oxygen atoms in total. The van der Waals surface area contributed by atoms with E-state index in [1.54, 1.807) is 12.3 Å². The van der Waals surface area contributed by atoms with Crippen LogP contribution in [0.3, 0.4) is 0 Å². The van der Waals surface area contributed by atoms with Crippen molar-refractivity contribution < 1.29 is 0 Å². The molecule has 0 atom stereocenters. The molecule has 2 aromatic rings. The molecule has 2 rings (SSSR count). The smallest absolute Gasteiger partial charge is 0.131 e. The molecule has 84 valence electrons. The van der Waals surface area contributed by atoms with Crippen molar-refractivity contribution in [2.45, 2.75) is 6.42 Å². The monoisotopic (exact) mass is 243 g/mol. The Morgan fingerprint density at radius 1 is 1.18 bits per heavy atom. The van der Waals surface area contributed by atoms with Crippen LogP contribution in [0.5, 0.6) is 0 Å². The summed E-state index contributed by atoms with van der Waals surface area (Å²) in [7, 11) is 0. The van der Waals surface area contributed by atoms with E-state index >= 15 is 0 Å². The molecule has 4 heteroatoms. The molecule has 0 amide bonds. The minimum absolute atomic E-state index is 0.432. The summed E-state index contributed by atoms with van der Waals surface area (Å²) in [6, 6.07) is 13.4. The summed E-state index contributed by atoms with van der Waals surface area (Å²) in [6.45, 7) is 0. The second-order valence-corrected chi connectivity index (χ2v) is 3.91. The number of nitrogens with zero attached hydrogens (tertiary/aromatic N) is 2. The number of nitrogens with one attached hydrogen (secondary N) is 1. The Morgan fingerprint density at radius 2 is 1.94 bits per heavy atom. The van der Waals surface area contributed by atoms with Crippen molar-refractivity contribution >= 4 is 23.0 Å². The molecule has 0 saturated carbocycles. The summed E-state index contributed by atoms with van der Waals surface area (Å²) in [5.41, 5.74) is 2.85. The summed E-state index contributed by atoms with van der Waals surface area (Å²) in [4.78, 5) is 3.91. The van der Waals surface area contributed by atoms with E-state index in [9.17, 15) is 0 Å². The van der Waals surface area contributed by atoms with Gasteiger partial charge in [-0.15, -0.1) is 0 Å². The number of rotatable bonds is 3. The molecule has 0 bridgehead atoms. The number of anilines is 2. The molecule has 1 N–H and O–H groups in total. The van der Waals surface area contributed by atoms with E-state index in [0.717, 1.165) is 16.9 Å². The van der Waals surface area contributed by atoms with Gasteiger partial charge in [-0.2, -0.15) is 5.26 Å². The summed E-state index contributed by atoms with van der Waals surface area (Å²) in [5.74, 6) is 0. The highest BCUT2D eigenvalue weighted by molar-refractivity contribution is 6.29. The SMILES string of the molecule is N#CCc1ccc(Nc2ccnc(Cl)c2)cc1. The van der Waals surface area contributed by atoms with Gasteiger partial charge < -0.3 is 5.32 Å². The zero-order valence-electron chi connectivity index (χ0n) is 9.02. The molecule has 0 unspecified atom stereocenters. The highest BCUT2D eigenvalue weighted by Gasteiger charge is 1.97. The summed E-state index contributed by atoms with van der Waals surface area (Å²) in [5, 5.41) is 12.2. The maximum atomic E-state index is 8.57. The zero-order chi connectivity index (χ0) is 12.1. The van der Waals surface area contributed by atoms with Gasteiger partial charge in [0.2, 0.25) is 0 Å². The molecule has 0 aliphatic rings. The van der Waals surface area contributed by atoms with Crippen LogP contribution in [0.25, 0.3) is 0 Å². The molecule has 17 heavy (non-hydrogen) atoms. The number of benzene rings is 1. The lowest BCUT2D eigenvalue weighted by Crippen LogP contribution is -1.91. The van der Waals surface area contributed by atoms with E-state index in [4.69, 9.17) is 16.9 Å². The van der Waals surface area contributed by atoms with E-state index in [-0.39, 0.29) is 0 Å². The maximum absolute atomic E-state index is 8.57.